The Hall–Kier alpha value is -1.88. The molecule has 1 aromatic heterocycles. The lowest BCUT2D eigenvalue weighted by Gasteiger charge is -2.06. The van der Waals surface area contributed by atoms with Crippen LogP contribution in [0.5, 0.6) is 5.75 Å². The van der Waals surface area contributed by atoms with E-state index >= 15 is 0 Å². The molecule has 0 unspecified atom stereocenters. The van der Waals surface area contributed by atoms with Gasteiger partial charge < -0.3 is 10.1 Å². The number of nitrogens with one attached hydrogen (secondary N) is 1. The molecule has 0 aliphatic carbocycles. The van der Waals surface area contributed by atoms with Gasteiger partial charge in [-0.1, -0.05) is 13.8 Å². The summed E-state index contributed by atoms with van der Waals surface area (Å²) >= 11 is 1.56. The zero-order chi connectivity index (χ0) is 16.7. The molecule has 0 saturated carbocycles. The van der Waals surface area contributed by atoms with E-state index in [1.807, 2.05) is 36.6 Å². The van der Waals surface area contributed by atoms with E-state index in [1.54, 1.807) is 11.3 Å². The quantitative estimate of drug-likeness (QED) is 0.797. The van der Waals surface area contributed by atoms with Crippen LogP contribution in [0.4, 0.5) is 0 Å². The van der Waals surface area contributed by atoms with Gasteiger partial charge in [-0.15, -0.1) is 11.3 Å². The van der Waals surface area contributed by atoms with Crippen LogP contribution in [0.1, 0.15) is 32.9 Å². The van der Waals surface area contributed by atoms with Gasteiger partial charge in [0.15, 0.2) is 0 Å². The van der Waals surface area contributed by atoms with Crippen molar-refractivity contribution in [3.63, 3.8) is 0 Å². The number of thiazole rings is 1. The maximum absolute atomic E-state index is 11.9. The third-order valence-corrected chi connectivity index (χ3v) is 4.29. The molecule has 1 N–H and O–H groups in total. The Morgan fingerprint density at radius 2 is 2.04 bits per heavy atom. The number of aromatic nitrogens is 1. The second-order valence-corrected chi connectivity index (χ2v) is 6.67. The van der Waals surface area contributed by atoms with Crippen molar-refractivity contribution in [1.29, 1.82) is 0 Å². The van der Waals surface area contributed by atoms with Crippen LogP contribution in [-0.2, 0) is 11.2 Å². The summed E-state index contributed by atoms with van der Waals surface area (Å²) in [6.45, 7) is 7.65. The number of carbonyl (C=O) groups is 1. The first kappa shape index (κ1) is 17.5. The van der Waals surface area contributed by atoms with Crippen molar-refractivity contribution in [1.82, 2.24) is 10.3 Å². The Balaban J connectivity index is 1.91. The molecule has 23 heavy (non-hydrogen) atoms. The molecule has 0 saturated heterocycles. The van der Waals surface area contributed by atoms with Crippen LogP contribution >= 0.6 is 11.3 Å². The van der Waals surface area contributed by atoms with E-state index in [-0.39, 0.29) is 5.91 Å². The van der Waals surface area contributed by atoms with Crippen molar-refractivity contribution in [3.05, 3.63) is 35.3 Å². The molecule has 2 rings (SSSR count). The Labute approximate surface area is 141 Å². The normalized spacial score (nSPS) is 10.8. The minimum atomic E-state index is 0.0363. The smallest absolute Gasteiger partial charge is 0.226 e. The predicted octanol–water partition coefficient (Wildman–Crippen LogP) is 3.91. The number of benzene rings is 1. The van der Waals surface area contributed by atoms with E-state index in [0.717, 1.165) is 35.0 Å². The number of nitrogens with zero attached hydrogens (tertiary/aromatic N) is 1. The van der Waals surface area contributed by atoms with Gasteiger partial charge in [0.25, 0.3) is 0 Å². The van der Waals surface area contributed by atoms with Crippen LogP contribution in [-0.4, -0.2) is 24.0 Å². The first-order valence-electron chi connectivity index (χ1n) is 8.02. The molecule has 124 valence electrons. The van der Waals surface area contributed by atoms with Gasteiger partial charge in [-0.2, -0.15) is 0 Å². The van der Waals surface area contributed by atoms with E-state index < -0.39 is 0 Å². The molecular weight excluding hydrogens is 308 g/mol. The highest BCUT2D eigenvalue weighted by atomic mass is 32.1. The summed E-state index contributed by atoms with van der Waals surface area (Å²) in [6.07, 6.45) is 1.34. The van der Waals surface area contributed by atoms with Gasteiger partial charge in [0.05, 0.1) is 18.7 Å². The minimum Gasteiger partial charge on any atom is -0.494 e. The van der Waals surface area contributed by atoms with E-state index in [9.17, 15) is 4.79 Å². The topological polar surface area (TPSA) is 51.2 Å². The van der Waals surface area contributed by atoms with Gasteiger partial charge in [0, 0.05) is 17.5 Å². The fourth-order valence-electron chi connectivity index (χ4n) is 2.11. The Bertz CT molecular complexity index is 620. The van der Waals surface area contributed by atoms with Crippen LogP contribution in [0, 0.1) is 5.92 Å². The van der Waals surface area contributed by atoms with Gasteiger partial charge >= 0.3 is 0 Å². The maximum atomic E-state index is 11.9. The third kappa shape index (κ3) is 5.67. The van der Waals surface area contributed by atoms with E-state index in [2.05, 4.69) is 24.1 Å². The van der Waals surface area contributed by atoms with Crippen LogP contribution < -0.4 is 10.1 Å². The number of hydrogen-bond acceptors (Lipinski definition) is 4. The SMILES string of the molecule is CCOc1ccc(-c2nc(CC(=O)NCCC(C)C)cs2)cc1. The van der Waals surface area contributed by atoms with Crippen molar-refractivity contribution < 1.29 is 9.53 Å². The van der Waals surface area contributed by atoms with Crippen molar-refractivity contribution in [2.24, 2.45) is 5.92 Å². The van der Waals surface area contributed by atoms with Gasteiger partial charge in [-0.05, 0) is 43.5 Å². The third-order valence-electron chi connectivity index (χ3n) is 3.35. The number of amides is 1. The van der Waals surface area contributed by atoms with Crippen molar-refractivity contribution in [2.75, 3.05) is 13.2 Å². The molecule has 0 atom stereocenters. The lowest BCUT2D eigenvalue weighted by atomic mass is 10.1. The summed E-state index contributed by atoms with van der Waals surface area (Å²) < 4.78 is 5.44. The summed E-state index contributed by atoms with van der Waals surface area (Å²) in [5.41, 5.74) is 1.87. The monoisotopic (exact) mass is 332 g/mol. The van der Waals surface area contributed by atoms with Crippen LogP contribution in [0.25, 0.3) is 10.6 Å². The molecule has 4 nitrogen and oxygen atoms in total. The zero-order valence-corrected chi connectivity index (χ0v) is 14.8. The predicted molar refractivity (Wildman–Crippen MR) is 94.9 cm³/mol. The summed E-state index contributed by atoms with van der Waals surface area (Å²) in [5, 5.41) is 5.82. The molecule has 0 bridgehead atoms. The van der Waals surface area contributed by atoms with Crippen molar-refractivity contribution in [2.45, 2.75) is 33.6 Å². The standard InChI is InChI=1S/C18H24N2O2S/c1-4-22-16-7-5-14(6-8-16)18-20-15(12-23-18)11-17(21)19-10-9-13(2)3/h5-8,12-13H,4,9-11H2,1-3H3,(H,19,21). The molecule has 2 aromatic rings. The largest absolute Gasteiger partial charge is 0.494 e. The fraction of sp³-hybridized carbons (Fsp3) is 0.444. The molecule has 0 aliphatic rings. The minimum absolute atomic E-state index is 0.0363. The highest BCUT2D eigenvalue weighted by Gasteiger charge is 2.09. The molecule has 0 radical (unpaired) electrons. The summed E-state index contributed by atoms with van der Waals surface area (Å²) in [6, 6.07) is 7.88. The van der Waals surface area contributed by atoms with Crippen molar-refractivity contribution >= 4 is 17.2 Å². The Morgan fingerprint density at radius 3 is 2.70 bits per heavy atom. The molecule has 0 aliphatic heterocycles. The van der Waals surface area contributed by atoms with Gasteiger partial charge in [0.2, 0.25) is 5.91 Å². The van der Waals surface area contributed by atoms with E-state index in [1.165, 1.54) is 0 Å². The number of hydrogen-bond donors (Lipinski definition) is 1. The molecule has 0 spiro atoms. The van der Waals surface area contributed by atoms with E-state index in [0.29, 0.717) is 18.9 Å². The van der Waals surface area contributed by atoms with Crippen molar-refractivity contribution in [3.8, 4) is 16.3 Å². The molecular formula is C18H24N2O2S. The highest BCUT2D eigenvalue weighted by Crippen LogP contribution is 2.25. The van der Waals surface area contributed by atoms with Gasteiger partial charge in [0.1, 0.15) is 10.8 Å². The molecule has 1 amide bonds. The Kier molecular flexibility index (Phi) is 6.59. The second-order valence-electron chi connectivity index (χ2n) is 5.81. The molecule has 1 aromatic carbocycles. The number of ether oxygens (including phenoxy) is 1. The lowest BCUT2D eigenvalue weighted by Crippen LogP contribution is -2.26. The average Bonchev–Trinajstić information content (AvgIpc) is 2.96. The van der Waals surface area contributed by atoms with Crippen LogP contribution in [0.2, 0.25) is 0 Å². The molecule has 1 heterocycles. The van der Waals surface area contributed by atoms with Crippen LogP contribution in [0.15, 0.2) is 29.6 Å². The zero-order valence-electron chi connectivity index (χ0n) is 14.0. The average molecular weight is 332 g/mol. The van der Waals surface area contributed by atoms with E-state index in [4.69, 9.17) is 4.74 Å². The molecule has 0 fully saturated rings. The second kappa shape index (κ2) is 8.67. The lowest BCUT2D eigenvalue weighted by molar-refractivity contribution is -0.120. The fourth-order valence-corrected chi connectivity index (χ4v) is 2.93. The van der Waals surface area contributed by atoms with Crippen LogP contribution in [0.3, 0.4) is 0 Å². The highest BCUT2D eigenvalue weighted by molar-refractivity contribution is 7.13. The van der Waals surface area contributed by atoms with Gasteiger partial charge in [-0.25, -0.2) is 4.98 Å². The summed E-state index contributed by atoms with van der Waals surface area (Å²) in [5.74, 6) is 1.49. The number of carbonyl (C=O) groups excluding carboxylic acids is 1. The number of rotatable bonds is 8. The summed E-state index contributed by atoms with van der Waals surface area (Å²) in [7, 11) is 0. The van der Waals surface area contributed by atoms with Gasteiger partial charge in [-0.3, -0.25) is 4.79 Å². The first-order valence-corrected chi connectivity index (χ1v) is 8.90. The maximum Gasteiger partial charge on any atom is 0.226 e. The summed E-state index contributed by atoms with van der Waals surface area (Å²) in [4.78, 5) is 16.4. The molecule has 5 heteroatoms. The first-order chi connectivity index (χ1) is 11.1. The Morgan fingerprint density at radius 1 is 1.30 bits per heavy atom.